The molecule has 1 atom stereocenters. The summed E-state index contributed by atoms with van der Waals surface area (Å²) >= 11 is 0. The van der Waals surface area contributed by atoms with Crippen LogP contribution in [-0.2, 0) is 15.3 Å². The molecule has 0 N–H and O–H groups in total. The third-order valence-electron chi connectivity index (χ3n) is 4.78. The molecule has 0 fully saturated rings. The fraction of sp³-hybridized carbons (Fsp3) is 0.364. The smallest absolute Gasteiger partial charge is 0.244 e. The number of hydrazone groups is 1. The van der Waals surface area contributed by atoms with Crippen molar-refractivity contribution in [3.8, 4) is 0 Å². The molecule has 1 amide bonds. The van der Waals surface area contributed by atoms with Gasteiger partial charge in [0.2, 0.25) is 17.5 Å². The summed E-state index contributed by atoms with van der Waals surface area (Å²) in [5, 5.41) is 5.51. The van der Waals surface area contributed by atoms with Crippen LogP contribution in [0.1, 0.15) is 51.2 Å². The number of hydrogen-bond acceptors (Lipinski definition) is 3. The lowest BCUT2D eigenvalue weighted by molar-refractivity contribution is -0.150. The van der Waals surface area contributed by atoms with E-state index in [1.165, 1.54) is 11.9 Å². The van der Waals surface area contributed by atoms with E-state index in [2.05, 4.69) is 18.9 Å². The molecular formula is C22H24F2N2O2. The Hall–Kier alpha value is -2.76. The van der Waals surface area contributed by atoms with Crippen molar-refractivity contribution in [1.29, 1.82) is 0 Å². The van der Waals surface area contributed by atoms with E-state index in [-0.39, 0.29) is 17.4 Å². The molecule has 2 aromatic carbocycles. The Kier molecular flexibility index (Phi) is 5.77. The largest absolute Gasteiger partial charge is 0.443 e. The summed E-state index contributed by atoms with van der Waals surface area (Å²) < 4.78 is 34.2. The van der Waals surface area contributed by atoms with Crippen LogP contribution >= 0.6 is 0 Å². The number of ether oxygens (including phenoxy) is 1. The van der Waals surface area contributed by atoms with Crippen molar-refractivity contribution in [3.05, 3.63) is 71.3 Å². The van der Waals surface area contributed by atoms with Crippen molar-refractivity contribution in [2.24, 2.45) is 11.0 Å². The van der Waals surface area contributed by atoms with Crippen LogP contribution in [-0.4, -0.2) is 16.8 Å². The molecule has 1 unspecified atom stereocenters. The Labute approximate surface area is 163 Å². The van der Waals surface area contributed by atoms with E-state index in [9.17, 15) is 13.6 Å². The maximum atomic E-state index is 14.3. The van der Waals surface area contributed by atoms with Gasteiger partial charge >= 0.3 is 0 Å². The van der Waals surface area contributed by atoms with E-state index in [0.29, 0.717) is 12.3 Å². The van der Waals surface area contributed by atoms with Gasteiger partial charge in [-0.05, 0) is 30.5 Å². The number of carbonyl (C=O) groups excluding carboxylic acids is 1. The summed E-state index contributed by atoms with van der Waals surface area (Å²) in [6, 6.07) is 12.4. The average Bonchev–Trinajstić information content (AvgIpc) is 3.05. The fourth-order valence-electron chi connectivity index (χ4n) is 3.42. The zero-order valence-electron chi connectivity index (χ0n) is 16.3. The summed E-state index contributed by atoms with van der Waals surface area (Å²) in [6.45, 7) is 5.63. The third kappa shape index (κ3) is 3.91. The second kappa shape index (κ2) is 8.09. The lowest BCUT2D eigenvalue weighted by atomic mass is 9.93. The van der Waals surface area contributed by atoms with Crippen LogP contribution in [0.5, 0.6) is 0 Å². The highest BCUT2D eigenvalue weighted by atomic mass is 19.1. The minimum atomic E-state index is -1.18. The monoisotopic (exact) mass is 386 g/mol. The molecule has 2 aromatic rings. The zero-order chi connectivity index (χ0) is 20.3. The van der Waals surface area contributed by atoms with Crippen molar-refractivity contribution in [3.63, 3.8) is 0 Å². The normalized spacial score (nSPS) is 18.9. The topological polar surface area (TPSA) is 41.9 Å². The Balaban J connectivity index is 2.05. The van der Waals surface area contributed by atoms with E-state index in [1.54, 1.807) is 0 Å². The average molecular weight is 386 g/mol. The van der Waals surface area contributed by atoms with Gasteiger partial charge in [-0.2, -0.15) is 5.01 Å². The molecule has 0 bridgehead atoms. The first-order chi connectivity index (χ1) is 13.3. The molecule has 148 valence electrons. The van der Waals surface area contributed by atoms with Gasteiger partial charge < -0.3 is 4.74 Å². The van der Waals surface area contributed by atoms with Gasteiger partial charge in [0.1, 0.15) is 11.6 Å². The molecule has 1 heterocycles. The Bertz CT molecular complexity index is 883. The summed E-state index contributed by atoms with van der Waals surface area (Å²) in [4.78, 5) is 12.4. The van der Waals surface area contributed by atoms with Crippen LogP contribution in [0.3, 0.4) is 0 Å². The van der Waals surface area contributed by atoms with Crippen LogP contribution in [0, 0.1) is 17.6 Å². The highest BCUT2D eigenvalue weighted by molar-refractivity contribution is 5.97. The molecular weight excluding hydrogens is 362 g/mol. The van der Waals surface area contributed by atoms with Gasteiger partial charge in [-0.15, -0.1) is 5.10 Å². The van der Waals surface area contributed by atoms with Crippen LogP contribution < -0.4 is 0 Å². The first-order valence-corrected chi connectivity index (χ1v) is 9.43. The molecule has 6 heteroatoms. The fourth-order valence-corrected chi connectivity index (χ4v) is 3.42. The maximum absolute atomic E-state index is 14.3. The van der Waals surface area contributed by atoms with Crippen LogP contribution in [0.25, 0.3) is 0 Å². The van der Waals surface area contributed by atoms with Crippen molar-refractivity contribution >= 4 is 11.8 Å². The molecule has 0 aliphatic carbocycles. The lowest BCUT2D eigenvalue weighted by Gasteiger charge is -2.35. The minimum Gasteiger partial charge on any atom is -0.443 e. The SMILES string of the molecule is CC(=O)N1N=C(c2cc(F)ccc2F)OC1(CCCC(C)C)c1ccccc1. The summed E-state index contributed by atoms with van der Waals surface area (Å²) in [6.07, 6.45) is 2.21. The van der Waals surface area contributed by atoms with Crippen molar-refractivity contribution in [2.75, 3.05) is 0 Å². The molecule has 3 rings (SSSR count). The predicted octanol–water partition coefficient (Wildman–Crippen LogP) is 5.18. The second-order valence-electron chi connectivity index (χ2n) is 7.40. The predicted molar refractivity (Wildman–Crippen MR) is 103 cm³/mol. The van der Waals surface area contributed by atoms with Gasteiger partial charge in [0.05, 0.1) is 5.56 Å². The van der Waals surface area contributed by atoms with Gasteiger partial charge in [0.25, 0.3) is 0 Å². The number of nitrogens with zero attached hydrogens (tertiary/aromatic N) is 2. The highest BCUT2D eigenvalue weighted by Crippen LogP contribution is 2.41. The zero-order valence-corrected chi connectivity index (χ0v) is 16.3. The van der Waals surface area contributed by atoms with Crippen molar-refractivity contribution < 1.29 is 18.3 Å². The maximum Gasteiger partial charge on any atom is 0.244 e. The quantitative estimate of drug-likeness (QED) is 0.686. The van der Waals surface area contributed by atoms with Gasteiger partial charge in [0, 0.05) is 18.9 Å². The van der Waals surface area contributed by atoms with Gasteiger partial charge in [-0.3, -0.25) is 4.79 Å². The van der Waals surface area contributed by atoms with Crippen molar-refractivity contribution in [2.45, 2.75) is 45.8 Å². The molecule has 0 aromatic heterocycles. The van der Waals surface area contributed by atoms with Gasteiger partial charge in [-0.25, -0.2) is 8.78 Å². The lowest BCUT2D eigenvalue weighted by Crippen LogP contribution is -2.44. The number of amides is 1. The second-order valence-corrected chi connectivity index (χ2v) is 7.40. The van der Waals surface area contributed by atoms with E-state index in [4.69, 9.17) is 4.74 Å². The molecule has 0 spiro atoms. The summed E-state index contributed by atoms with van der Waals surface area (Å²) in [5.74, 6) is -1.20. The summed E-state index contributed by atoms with van der Waals surface area (Å²) in [7, 11) is 0. The van der Waals surface area contributed by atoms with E-state index >= 15 is 0 Å². The number of hydrogen-bond donors (Lipinski definition) is 0. The van der Waals surface area contributed by atoms with Crippen LogP contribution in [0.2, 0.25) is 0 Å². The first-order valence-electron chi connectivity index (χ1n) is 9.43. The van der Waals surface area contributed by atoms with Gasteiger partial charge in [0.15, 0.2) is 0 Å². The Morgan fingerprint density at radius 2 is 1.89 bits per heavy atom. The minimum absolute atomic E-state index is 0.0967. The first kappa shape index (κ1) is 20.0. The van der Waals surface area contributed by atoms with Crippen molar-refractivity contribution in [1.82, 2.24) is 5.01 Å². The molecule has 0 radical (unpaired) electrons. The standard InChI is InChI=1S/C22H24F2N2O2/c1-15(2)8-7-13-22(17-9-5-4-6-10-17)26(16(3)27)25-21(28-22)19-14-18(23)11-12-20(19)24/h4-6,9-12,14-15H,7-8,13H2,1-3H3. The van der Waals surface area contributed by atoms with Crippen LogP contribution in [0.15, 0.2) is 53.6 Å². The molecule has 4 nitrogen and oxygen atoms in total. The summed E-state index contributed by atoms with van der Waals surface area (Å²) in [5.41, 5.74) is -0.548. The number of benzene rings is 2. The van der Waals surface area contributed by atoms with Gasteiger partial charge in [-0.1, -0.05) is 50.6 Å². The number of rotatable bonds is 6. The molecule has 0 saturated heterocycles. The van der Waals surface area contributed by atoms with E-state index in [1.807, 2.05) is 30.3 Å². The third-order valence-corrected chi connectivity index (χ3v) is 4.78. The van der Waals surface area contributed by atoms with Crippen LogP contribution in [0.4, 0.5) is 8.78 Å². The van der Waals surface area contributed by atoms with E-state index < -0.39 is 17.4 Å². The number of carbonyl (C=O) groups is 1. The molecule has 28 heavy (non-hydrogen) atoms. The molecule has 1 aliphatic rings. The molecule has 1 aliphatic heterocycles. The van der Waals surface area contributed by atoms with E-state index in [0.717, 1.165) is 36.6 Å². The number of halogens is 2. The molecule has 0 saturated carbocycles. The Morgan fingerprint density at radius 3 is 2.54 bits per heavy atom. The highest BCUT2D eigenvalue weighted by Gasteiger charge is 2.48. The Morgan fingerprint density at radius 1 is 1.18 bits per heavy atom.